The Labute approximate surface area is 112 Å². The van der Waals surface area contributed by atoms with Crippen molar-refractivity contribution in [3.8, 4) is 0 Å². The van der Waals surface area contributed by atoms with Crippen LogP contribution in [-0.4, -0.2) is 24.0 Å². The second-order valence-corrected chi connectivity index (χ2v) is 5.92. The molecular weight excluding hydrogens is 224 g/mol. The van der Waals surface area contributed by atoms with E-state index < -0.39 is 0 Å². The third-order valence-electron chi connectivity index (χ3n) is 4.12. The molecule has 1 aliphatic carbocycles. The molecule has 3 atom stereocenters. The summed E-state index contributed by atoms with van der Waals surface area (Å²) in [4.78, 5) is 12.0. The van der Waals surface area contributed by atoms with E-state index in [9.17, 15) is 4.79 Å². The second-order valence-electron chi connectivity index (χ2n) is 5.92. The van der Waals surface area contributed by atoms with Gasteiger partial charge in [-0.3, -0.25) is 4.79 Å². The van der Waals surface area contributed by atoms with Gasteiger partial charge in [0.05, 0.1) is 6.04 Å². The Hall–Kier alpha value is -0.570. The quantitative estimate of drug-likeness (QED) is 0.733. The van der Waals surface area contributed by atoms with Crippen molar-refractivity contribution in [2.45, 2.75) is 84.3 Å². The first-order valence-electron chi connectivity index (χ1n) is 7.61. The minimum atomic E-state index is -0.0834. The molecule has 0 radical (unpaired) electrons. The van der Waals surface area contributed by atoms with Gasteiger partial charge in [-0.2, -0.15) is 0 Å². The van der Waals surface area contributed by atoms with Gasteiger partial charge in [0.25, 0.3) is 0 Å². The SMILES string of the molecule is CCCC(C)NC(=O)C(C)N[C@H](C)C1CCCC1. The fourth-order valence-electron chi connectivity index (χ4n) is 2.94. The lowest BCUT2D eigenvalue weighted by molar-refractivity contribution is -0.123. The zero-order valence-corrected chi connectivity index (χ0v) is 12.5. The molecule has 2 unspecified atom stereocenters. The highest BCUT2D eigenvalue weighted by molar-refractivity contribution is 5.81. The van der Waals surface area contributed by atoms with E-state index in [1.54, 1.807) is 0 Å². The van der Waals surface area contributed by atoms with Crippen LogP contribution in [0.15, 0.2) is 0 Å². The van der Waals surface area contributed by atoms with Gasteiger partial charge in [0.15, 0.2) is 0 Å². The second kappa shape index (κ2) is 7.78. The fraction of sp³-hybridized carbons (Fsp3) is 0.933. The molecule has 0 saturated heterocycles. The van der Waals surface area contributed by atoms with E-state index in [2.05, 4.69) is 31.4 Å². The molecule has 3 nitrogen and oxygen atoms in total. The van der Waals surface area contributed by atoms with E-state index in [1.165, 1.54) is 25.7 Å². The standard InChI is InChI=1S/C15H30N2O/c1-5-8-11(2)16-15(18)13(4)17-12(3)14-9-6-7-10-14/h11-14,17H,5-10H2,1-4H3,(H,16,18)/t11?,12-,13?/m1/s1. The number of nitrogens with one attached hydrogen (secondary N) is 2. The van der Waals surface area contributed by atoms with Crippen LogP contribution in [0.25, 0.3) is 0 Å². The van der Waals surface area contributed by atoms with E-state index in [0.29, 0.717) is 6.04 Å². The molecular formula is C15H30N2O. The van der Waals surface area contributed by atoms with Crippen LogP contribution in [0.4, 0.5) is 0 Å². The summed E-state index contributed by atoms with van der Waals surface area (Å²) < 4.78 is 0. The molecule has 0 aliphatic heterocycles. The summed E-state index contributed by atoms with van der Waals surface area (Å²) in [7, 11) is 0. The summed E-state index contributed by atoms with van der Waals surface area (Å²) in [5.74, 6) is 0.897. The predicted octanol–water partition coefficient (Wildman–Crippen LogP) is 2.85. The highest BCUT2D eigenvalue weighted by Crippen LogP contribution is 2.27. The third kappa shape index (κ3) is 4.97. The smallest absolute Gasteiger partial charge is 0.237 e. The normalized spacial score (nSPS) is 21.6. The van der Waals surface area contributed by atoms with Crippen molar-refractivity contribution in [2.24, 2.45) is 5.92 Å². The number of hydrogen-bond donors (Lipinski definition) is 2. The largest absolute Gasteiger partial charge is 0.352 e. The van der Waals surface area contributed by atoms with E-state index in [-0.39, 0.29) is 18.0 Å². The van der Waals surface area contributed by atoms with Crippen molar-refractivity contribution >= 4 is 5.91 Å². The van der Waals surface area contributed by atoms with Crippen LogP contribution in [0.3, 0.4) is 0 Å². The van der Waals surface area contributed by atoms with Crippen molar-refractivity contribution in [3.63, 3.8) is 0 Å². The predicted molar refractivity (Wildman–Crippen MR) is 76.5 cm³/mol. The maximum Gasteiger partial charge on any atom is 0.237 e. The number of hydrogen-bond acceptors (Lipinski definition) is 2. The summed E-state index contributed by atoms with van der Waals surface area (Å²) in [6.07, 6.45) is 7.50. The van der Waals surface area contributed by atoms with Gasteiger partial charge in [-0.15, -0.1) is 0 Å². The van der Waals surface area contributed by atoms with Crippen LogP contribution in [0.5, 0.6) is 0 Å². The van der Waals surface area contributed by atoms with Crippen LogP contribution in [0, 0.1) is 5.92 Å². The average molecular weight is 254 g/mol. The molecule has 1 aliphatic rings. The molecule has 1 rings (SSSR count). The lowest BCUT2D eigenvalue weighted by Gasteiger charge is -2.25. The lowest BCUT2D eigenvalue weighted by Crippen LogP contribution is -2.49. The molecule has 1 saturated carbocycles. The molecule has 1 amide bonds. The number of rotatable bonds is 7. The van der Waals surface area contributed by atoms with E-state index >= 15 is 0 Å². The van der Waals surface area contributed by atoms with E-state index in [4.69, 9.17) is 0 Å². The third-order valence-corrected chi connectivity index (χ3v) is 4.12. The monoisotopic (exact) mass is 254 g/mol. The van der Waals surface area contributed by atoms with Gasteiger partial charge in [0.2, 0.25) is 5.91 Å². The number of carbonyl (C=O) groups is 1. The molecule has 0 bridgehead atoms. The molecule has 18 heavy (non-hydrogen) atoms. The maximum atomic E-state index is 12.0. The minimum Gasteiger partial charge on any atom is -0.352 e. The first-order valence-corrected chi connectivity index (χ1v) is 7.61. The number of carbonyl (C=O) groups excluding carboxylic acids is 1. The molecule has 2 N–H and O–H groups in total. The first kappa shape index (κ1) is 15.5. The van der Waals surface area contributed by atoms with Crippen molar-refractivity contribution in [1.29, 1.82) is 0 Å². The van der Waals surface area contributed by atoms with Gasteiger partial charge < -0.3 is 10.6 Å². The fourth-order valence-corrected chi connectivity index (χ4v) is 2.94. The summed E-state index contributed by atoms with van der Waals surface area (Å²) in [6, 6.07) is 0.656. The van der Waals surface area contributed by atoms with Gasteiger partial charge in [-0.05, 0) is 46.0 Å². The van der Waals surface area contributed by atoms with Crippen LogP contribution in [0.1, 0.15) is 66.2 Å². The maximum absolute atomic E-state index is 12.0. The Morgan fingerprint density at radius 3 is 2.39 bits per heavy atom. The molecule has 0 aromatic carbocycles. The Morgan fingerprint density at radius 2 is 1.83 bits per heavy atom. The molecule has 0 heterocycles. The Morgan fingerprint density at radius 1 is 1.22 bits per heavy atom. The first-order chi connectivity index (χ1) is 8.54. The van der Waals surface area contributed by atoms with Crippen molar-refractivity contribution in [1.82, 2.24) is 10.6 Å². The average Bonchev–Trinajstić information content (AvgIpc) is 2.82. The van der Waals surface area contributed by atoms with E-state index in [0.717, 1.165) is 18.8 Å². The summed E-state index contributed by atoms with van der Waals surface area (Å²) in [5.41, 5.74) is 0. The van der Waals surface area contributed by atoms with Crippen molar-refractivity contribution < 1.29 is 4.79 Å². The zero-order chi connectivity index (χ0) is 13.5. The summed E-state index contributed by atoms with van der Waals surface area (Å²) in [6.45, 7) is 8.41. The zero-order valence-electron chi connectivity index (χ0n) is 12.5. The highest BCUT2D eigenvalue weighted by Gasteiger charge is 2.24. The van der Waals surface area contributed by atoms with Gasteiger partial charge >= 0.3 is 0 Å². The summed E-state index contributed by atoms with van der Waals surface area (Å²) >= 11 is 0. The Balaban J connectivity index is 2.29. The lowest BCUT2D eigenvalue weighted by atomic mass is 9.99. The van der Waals surface area contributed by atoms with Crippen LogP contribution < -0.4 is 10.6 Å². The van der Waals surface area contributed by atoms with Gasteiger partial charge in [0.1, 0.15) is 0 Å². The Kier molecular flexibility index (Phi) is 6.69. The Bertz CT molecular complexity index is 249. The van der Waals surface area contributed by atoms with Crippen molar-refractivity contribution in [3.05, 3.63) is 0 Å². The van der Waals surface area contributed by atoms with Crippen molar-refractivity contribution in [2.75, 3.05) is 0 Å². The summed E-state index contributed by atoms with van der Waals surface area (Å²) in [5, 5.41) is 6.53. The molecule has 0 spiro atoms. The molecule has 3 heteroatoms. The number of amides is 1. The van der Waals surface area contributed by atoms with E-state index in [1.807, 2.05) is 6.92 Å². The van der Waals surface area contributed by atoms with Crippen LogP contribution in [-0.2, 0) is 4.79 Å². The van der Waals surface area contributed by atoms with Gasteiger partial charge in [-0.25, -0.2) is 0 Å². The molecule has 0 aromatic heterocycles. The van der Waals surface area contributed by atoms with Crippen LogP contribution >= 0.6 is 0 Å². The topological polar surface area (TPSA) is 41.1 Å². The minimum absolute atomic E-state index is 0.0834. The highest BCUT2D eigenvalue weighted by atomic mass is 16.2. The van der Waals surface area contributed by atoms with Crippen LogP contribution in [0.2, 0.25) is 0 Å². The molecule has 106 valence electrons. The van der Waals surface area contributed by atoms with Gasteiger partial charge in [0, 0.05) is 12.1 Å². The van der Waals surface area contributed by atoms with Gasteiger partial charge in [-0.1, -0.05) is 26.2 Å². The molecule has 0 aromatic rings. The molecule has 1 fully saturated rings.